The Morgan fingerprint density at radius 3 is 2.41 bits per heavy atom. The van der Waals surface area contributed by atoms with E-state index in [0.29, 0.717) is 18.8 Å². The van der Waals surface area contributed by atoms with Crippen LogP contribution in [0.5, 0.6) is 11.5 Å². The largest absolute Gasteiger partial charge is 0.490 e. The molecule has 1 aliphatic heterocycles. The van der Waals surface area contributed by atoms with Gasteiger partial charge < -0.3 is 19.7 Å². The van der Waals surface area contributed by atoms with Gasteiger partial charge in [-0.2, -0.15) is 0 Å². The molecule has 1 saturated carbocycles. The van der Waals surface area contributed by atoms with Crippen molar-refractivity contribution in [1.29, 1.82) is 0 Å². The molecule has 0 aromatic heterocycles. The van der Waals surface area contributed by atoms with Crippen LogP contribution in [0.4, 0.5) is 4.39 Å². The van der Waals surface area contributed by atoms with Crippen LogP contribution in [-0.2, 0) is 11.3 Å². The number of nitrogens with one attached hydrogen (secondary N) is 1. The van der Waals surface area contributed by atoms with E-state index in [1.165, 1.54) is 0 Å². The molecule has 1 amide bonds. The lowest BCUT2D eigenvalue weighted by Crippen LogP contribution is -2.39. The minimum atomic E-state index is -0.521. The third-order valence-corrected chi connectivity index (χ3v) is 8.12. The number of amides is 1. The number of rotatable bonds is 10. The Bertz CT molecular complexity index is 1360. The highest BCUT2D eigenvalue weighted by atomic mass is 79.9. The predicted octanol–water partition coefficient (Wildman–Crippen LogP) is 7.29. The number of hydrogen-bond acceptors (Lipinski definition) is 4. The molecule has 3 aromatic carbocycles. The number of carbonyl (C=O) groups excluding carboxylic acids is 1. The molecule has 0 atom stereocenters. The Hall–Kier alpha value is -2.58. The lowest BCUT2D eigenvalue weighted by molar-refractivity contribution is -0.128. The highest BCUT2D eigenvalue weighted by Crippen LogP contribution is 2.35. The number of carbonyl (C=O) groups is 1. The SMILES string of the molecule is O=C(C1=C(c2ccc(OCCOc3c(Cl)cc(F)cc3Cl)cc2)CCNC1)N(Cc1ccccc1Br)C1CC1. The maximum atomic E-state index is 13.8. The molecular weight excluding hydrogens is 606 g/mol. The van der Waals surface area contributed by atoms with E-state index in [4.69, 9.17) is 32.7 Å². The van der Waals surface area contributed by atoms with Gasteiger partial charge in [0.2, 0.25) is 0 Å². The highest BCUT2D eigenvalue weighted by molar-refractivity contribution is 9.10. The van der Waals surface area contributed by atoms with E-state index in [9.17, 15) is 9.18 Å². The zero-order valence-corrected chi connectivity index (χ0v) is 24.3. The summed E-state index contributed by atoms with van der Waals surface area (Å²) >= 11 is 15.7. The zero-order valence-electron chi connectivity index (χ0n) is 21.2. The van der Waals surface area contributed by atoms with Gasteiger partial charge in [0.1, 0.15) is 24.8 Å². The van der Waals surface area contributed by atoms with E-state index in [-0.39, 0.29) is 41.0 Å². The van der Waals surface area contributed by atoms with Gasteiger partial charge in [-0.3, -0.25) is 4.79 Å². The van der Waals surface area contributed by atoms with Gasteiger partial charge in [-0.25, -0.2) is 4.39 Å². The first-order valence-electron chi connectivity index (χ1n) is 12.9. The van der Waals surface area contributed by atoms with Crippen molar-refractivity contribution < 1.29 is 18.7 Å². The minimum absolute atomic E-state index is 0.103. The quantitative estimate of drug-likeness (QED) is 0.238. The van der Waals surface area contributed by atoms with Crippen molar-refractivity contribution in [2.75, 3.05) is 26.3 Å². The van der Waals surface area contributed by atoms with Crippen LogP contribution in [-0.4, -0.2) is 43.2 Å². The fraction of sp³-hybridized carbons (Fsp3) is 0.300. The monoisotopic (exact) mass is 632 g/mol. The number of nitrogens with zero attached hydrogens (tertiary/aromatic N) is 1. The minimum Gasteiger partial charge on any atom is -0.490 e. The summed E-state index contributed by atoms with van der Waals surface area (Å²) in [6.07, 6.45) is 2.87. The Morgan fingerprint density at radius 2 is 1.72 bits per heavy atom. The summed E-state index contributed by atoms with van der Waals surface area (Å²) in [5.41, 5.74) is 4.03. The smallest absolute Gasteiger partial charge is 0.251 e. The molecule has 5 rings (SSSR count). The normalized spacial score (nSPS) is 15.3. The topological polar surface area (TPSA) is 50.8 Å². The van der Waals surface area contributed by atoms with Crippen LogP contribution < -0.4 is 14.8 Å². The highest BCUT2D eigenvalue weighted by Gasteiger charge is 2.35. The molecule has 0 saturated heterocycles. The van der Waals surface area contributed by atoms with E-state index >= 15 is 0 Å². The standard InChI is InChI=1S/C30H28BrCl2FN2O3/c31-26-4-2-1-3-20(26)18-36(22-7-8-22)30(37)25-17-35-12-11-24(25)19-5-9-23(10-6-19)38-13-14-39-29-27(32)15-21(34)16-28(29)33/h1-6,9-10,15-16,22,35H,7-8,11-14,17-18H2. The Morgan fingerprint density at radius 1 is 1.03 bits per heavy atom. The molecule has 3 aromatic rings. The van der Waals surface area contributed by atoms with Crippen molar-refractivity contribution in [2.45, 2.75) is 31.8 Å². The molecule has 1 heterocycles. The molecule has 1 N–H and O–H groups in total. The second kappa shape index (κ2) is 12.7. The summed E-state index contributed by atoms with van der Waals surface area (Å²) in [4.78, 5) is 15.9. The van der Waals surface area contributed by atoms with Crippen molar-refractivity contribution >= 4 is 50.6 Å². The summed E-state index contributed by atoms with van der Waals surface area (Å²) in [5, 5.41) is 3.61. The third kappa shape index (κ3) is 6.95. The number of ether oxygens (including phenoxy) is 2. The molecule has 1 aliphatic carbocycles. The summed E-state index contributed by atoms with van der Waals surface area (Å²) < 4.78 is 25.8. The first-order chi connectivity index (χ1) is 18.9. The van der Waals surface area contributed by atoms with Crippen molar-refractivity contribution in [3.63, 3.8) is 0 Å². The average molecular weight is 634 g/mol. The fourth-order valence-electron chi connectivity index (χ4n) is 4.67. The Balaban J connectivity index is 1.25. The fourth-order valence-corrected chi connectivity index (χ4v) is 5.65. The summed E-state index contributed by atoms with van der Waals surface area (Å²) in [6.45, 7) is 2.41. The summed E-state index contributed by atoms with van der Waals surface area (Å²) in [7, 11) is 0. The van der Waals surface area contributed by atoms with Crippen LogP contribution in [0, 0.1) is 5.82 Å². The maximum Gasteiger partial charge on any atom is 0.251 e. The third-order valence-electron chi connectivity index (χ3n) is 6.79. The van der Waals surface area contributed by atoms with Crippen LogP contribution in [0.3, 0.4) is 0 Å². The van der Waals surface area contributed by atoms with Gasteiger partial charge in [0.05, 0.1) is 10.0 Å². The van der Waals surface area contributed by atoms with Crippen molar-refractivity contribution in [3.8, 4) is 11.5 Å². The molecule has 0 bridgehead atoms. The van der Waals surface area contributed by atoms with E-state index in [1.807, 2.05) is 47.4 Å². The van der Waals surface area contributed by atoms with Gasteiger partial charge >= 0.3 is 0 Å². The van der Waals surface area contributed by atoms with Crippen LogP contribution >= 0.6 is 39.1 Å². The molecule has 0 unspecified atom stereocenters. The first kappa shape index (κ1) is 28.0. The van der Waals surface area contributed by atoms with E-state index in [0.717, 1.165) is 64.7 Å². The predicted molar refractivity (Wildman–Crippen MR) is 156 cm³/mol. The van der Waals surface area contributed by atoms with Crippen LogP contribution in [0.2, 0.25) is 10.0 Å². The molecule has 0 spiro atoms. The second-order valence-electron chi connectivity index (χ2n) is 9.56. The van der Waals surface area contributed by atoms with E-state index < -0.39 is 5.82 Å². The van der Waals surface area contributed by atoms with E-state index in [1.54, 1.807) is 0 Å². The van der Waals surface area contributed by atoms with Gasteiger partial charge in [-0.05, 0) is 72.8 Å². The second-order valence-corrected chi connectivity index (χ2v) is 11.2. The Kier molecular flexibility index (Phi) is 9.13. The molecule has 0 radical (unpaired) electrons. The van der Waals surface area contributed by atoms with E-state index in [2.05, 4.69) is 27.3 Å². The molecule has 1 fully saturated rings. The van der Waals surface area contributed by atoms with Crippen molar-refractivity contribution in [1.82, 2.24) is 10.2 Å². The van der Waals surface area contributed by atoms with Crippen LogP contribution in [0.15, 0.2) is 70.7 Å². The number of halogens is 4. The molecule has 2 aliphatic rings. The van der Waals surface area contributed by atoms with Crippen LogP contribution in [0.1, 0.15) is 30.4 Å². The van der Waals surface area contributed by atoms with Crippen molar-refractivity contribution in [2.24, 2.45) is 0 Å². The molecule has 39 heavy (non-hydrogen) atoms. The van der Waals surface area contributed by atoms with Gasteiger partial charge in [0, 0.05) is 29.2 Å². The van der Waals surface area contributed by atoms with Crippen LogP contribution in [0.25, 0.3) is 5.57 Å². The van der Waals surface area contributed by atoms with Gasteiger partial charge in [0.25, 0.3) is 5.91 Å². The number of benzene rings is 3. The first-order valence-corrected chi connectivity index (χ1v) is 14.4. The molecule has 204 valence electrons. The lowest BCUT2D eigenvalue weighted by Gasteiger charge is -2.28. The average Bonchev–Trinajstić information content (AvgIpc) is 3.77. The zero-order chi connectivity index (χ0) is 27.4. The molecule has 5 nitrogen and oxygen atoms in total. The summed E-state index contributed by atoms with van der Waals surface area (Å²) in [6, 6.07) is 18.4. The number of hydrogen-bond donors (Lipinski definition) is 1. The Labute approximate surface area is 246 Å². The van der Waals surface area contributed by atoms with Gasteiger partial charge in [-0.15, -0.1) is 0 Å². The van der Waals surface area contributed by atoms with Gasteiger partial charge in [0.15, 0.2) is 5.75 Å². The molecular formula is C30H28BrCl2FN2O3. The maximum absolute atomic E-state index is 13.8. The summed E-state index contributed by atoms with van der Waals surface area (Å²) in [5.74, 6) is 0.487. The van der Waals surface area contributed by atoms with Gasteiger partial charge in [-0.1, -0.05) is 69.5 Å². The molecule has 9 heteroatoms. The lowest BCUT2D eigenvalue weighted by atomic mass is 9.93. The van der Waals surface area contributed by atoms with Crippen molar-refractivity contribution in [3.05, 3.63) is 97.7 Å².